The molecular weight excluding hydrogens is 336 g/mol. The largest absolute Gasteiger partial charge is 0.488 e. The van der Waals surface area contributed by atoms with E-state index in [0.29, 0.717) is 6.61 Å². The molecule has 3 heteroatoms. The molecule has 0 saturated carbocycles. The van der Waals surface area contributed by atoms with Crippen LogP contribution in [0, 0.1) is 0 Å². The van der Waals surface area contributed by atoms with Crippen LogP contribution in [0.5, 0.6) is 5.75 Å². The highest BCUT2D eigenvalue weighted by Gasteiger charge is 2.05. The van der Waals surface area contributed by atoms with E-state index in [1.54, 1.807) is 0 Å². The van der Waals surface area contributed by atoms with Crippen LogP contribution in [0.3, 0.4) is 0 Å². The lowest BCUT2D eigenvalue weighted by Crippen LogP contribution is -1.95. The van der Waals surface area contributed by atoms with Crippen molar-refractivity contribution in [1.82, 2.24) is 0 Å². The maximum Gasteiger partial charge on any atom is 0.127 e. The molecule has 0 N–H and O–H groups in total. The second-order valence-corrected chi connectivity index (χ2v) is 5.83. The summed E-state index contributed by atoms with van der Waals surface area (Å²) in [6.07, 6.45) is 0. The van der Waals surface area contributed by atoms with Crippen molar-refractivity contribution >= 4 is 38.3 Å². The van der Waals surface area contributed by atoms with E-state index in [9.17, 15) is 0 Å². The zero-order chi connectivity index (χ0) is 13.9. The van der Waals surface area contributed by atoms with E-state index in [4.69, 9.17) is 16.3 Å². The minimum atomic E-state index is 0.541. The number of hydrogen-bond acceptors (Lipinski definition) is 1. The summed E-state index contributed by atoms with van der Waals surface area (Å²) >= 11 is 9.63. The first-order chi connectivity index (χ1) is 9.74. The molecule has 0 radical (unpaired) electrons. The summed E-state index contributed by atoms with van der Waals surface area (Å²) in [4.78, 5) is 0. The summed E-state index contributed by atoms with van der Waals surface area (Å²) in [5.41, 5.74) is 1.13. The molecule has 0 aliphatic heterocycles. The molecule has 0 aliphatic rings. The fraction of sp³-hybridized carbons (Fsp3) is 0.0588. The van der Waals surface area contributed by atoms with Crippen LogP contribution in [0.15, 0.2) is 65.1 Å². The molecule has 0 fully saturated rings. The summed E-state index contributed by atoms with van der Waals surface area (Å²) in [5, 5.41) is 2.80. The van der Waals surface area contributed by atoms with Gasteiger partial charge < -0.3 is 4.74 Å². The van der Waals surface area contributed by atoms with E-state index in [-0.39, 0.29) is 0 Å². The predicted octanol–water partition coefficient (Wildman–Crippen LogP) is 5.83. The average Bonchev–Trinajstić information content (AvgIpc) is 2.49. The fourth-order valence-corrected chi connectivity index (χ4v) is 2.59. The molecule has 0 amide bonds. The molecule has 1 nitrogen and oxygen atoms in total. The molecule has 0 heterocycles. The van der Waals surface area contributed by atoms with Gasteiger partial charge in [0.25, 0.3) is 0 Å². The Kier molecular flexibility index (Phi) is 3.95. The summed E-state index contributed by atoms with van der Waals surface area (Å²) in [6, 6.07) is 19.9. The zero-order valence-corrected chi connectivity index (χ0v) is 13.0. The SMILES string of the molecule is Clc1ccc(OCc2ccc(Br)cc2)c2ccccc12. The maximum atomic E-state index is 6.20. The number of fused-ring (bicyclic) bond motifs is 1. The van der Waals surface area contributed by atoms with E-state index < -0.39 is 0 Å². The molecular formula is C17H12BrClO. The molecule has 100 valence electrons. The number of hydrogen-bond donors (Lipinski definition) is 0. The first-order valence-corrected chi connectivity index (χ1v) is 7.45. The molecule has 0 unspecified atom stereocenters. The van der Waals surface area contributed by atoms with Crippen molar-refractivity contribution in [3.63, 3.8) is 0 Å². The van der Waals surface area contributed by atoms with Crippen LogP contribution in [-0.4, -0.2) is 0 Å². The highest BCUT2D eigenvalue weighted by molar-refractivity contribution is 9.10. The van der Waals surface area contributed by atoms with Crippen molar-refractivity contribution in [2.45, 2.75) is 6.61 Å². The van der Waals surface area contributed by atoms with Crippen LogP contribution in [0.1, 0.15) is 5.56 Å². The molecule has 3 aromatic carbocycles. The lowest BCUT2D eigenvalue weighted by Gasteiger charge is -2.10. The summed E-state index contributed by atoms with van der Waals surface area (Å²) in [5.74, 6) is 0.855. The normalized spacial score (nSPS) is 10.7. The standard InChI is InChI=1S/C17H12BrClO/c18-13-7-5-12(6-8-13)11-20-17-10-9-16(19)14-3-1-2-4-15(14)17/h1-10H,11H2. The molecule has 0 bridgehead atoms. The molecule has 3 rings (SSSR count). The topological polar surface area (TPSA) is 9.23 Å². The Morgan fingerprint density at radius 1 is 0.850 bits per heavy atom. The van der Waals surface area contributed by atoms with Gasteiger partial charge in [-0.1, -0.05) is 63.9 Å². The maximum absolute atomic E-state index is 6.20. The third-order valence-electron chi connectivity index (χ3n) is 3.14. The minimum Gasteiger partial charge on any atom is -0.488 e. The van der Waals surface area contributed by atoms with Crippen molar-refractivity contribution in [3.8, 4) is 5.75 Å². The monoisotopic (exact) mass is 346 g/mol. The van der Waals surface area contributed by atoms with Crippen LogP contribution < -0.4 is 4.74 Å². The van der Waals surface area contributed by atoms with Crippen LogP contribution in [-0.2, 0) is 6.61 Å². The molecule has 0 atom stereocenters. The van der Waals surface area contributed by atoms with Gasteiger partial charge in [0.1, 0.15) is 12.4 Å². The van der Waals surface area contributed by atoms with E-state index in [0.717, 1.165) is 31.6 Å². The Balaban J connectivity index is 1.88. The first-order valence-electron chi connectivity index (χ1n) is 6.28. The van der Waals surface area contributed by atoms with Crippen LogP contribution in [0.25, 0.3) is 10.8 Å². The molecule has 0 aromatic heterocycles. The first kappa shape index (κ1) is 13.5. The second-order valence-electron chi connectivity index (χ2n) is 4.51. The Bertz CT molecular complexity index is 738. The van der Waals surface area contributed by atoms with Crippen molar-refractivity contribution in [3.05, 3.63) is 75.7 Å². The molecule has 3 aromatic rings. The number of benzene rings is 3. The lowest BCUT2D eigenvalue weighted by molar-refractivity contribution is 0.310. The smallest absolute Gasteiger partial charge is 0.127 e. The van der Waals surface area contributed by atoms with Gasteiger partial charge in [0.05, 0.1) is 0 Å². The Hall–Kier alpha value is -1.51. The third-order valence-corrected chi connectivity index (χ3v) is 4.00. The van der Waals surface area contributed by atoms with Crippen molar-refractivity contribution in [1.29, 1.82) is 0 Å². The van der Waals surface area contributed by atoms with E-state index in [1.165, 1.54) is 0 Å². The van der Waals surface area contributed by atoms with Crippen LogP contribution in [0.2, 0.25) is 5.02 Å². The Labute approximate surface area is 131 Å². The van der Waals surface area contributed by atoms with Gasteiger partial charge in [0, 0.05) is 20.3 Å². The van der Waals surface area contributed by atoms with E-state index in [1.807, 2.05) is 60.7 Å². The van der Waals surface area contributed by atoms with E-state index >= 15 is 0 Å². The highest BCUT2D eigenvalue weighted by atomic mass is 79.9. The van der Waals surface area contributed by atoms with Crippen LogP contribution in [0.4, 0.5) is 0 Å². The molecule has 0 aliphatic carbocycles. The summed E-state index contributed by atoms with van der Waals surface area (Å²) < 4.78 is 6.99. The Morgan fingerprint density at radius 2 is 1.55 bits per heavy atom. The third kappa shape index (κ3) is 2.82. The minimum absolute atomic E-state index is 0.541. The van der Waals surface area contributed by atoms with Gasteiger partial charge in [-0.25, -0.2) is 0 Å². The Morgan fingerprint density at radius 3 is 2.30 bits per heavy atom. The van der Waals surface area contributed by atoms with Gasteiger partial charge in [-0.15, -0.1) is 0 Å². The van der Waals surface area contributed by atoms with Gasteiger partial charge in [0.2, 0.25) is 0 Å². The zero-order valence-electron chi connectivity index (χ0n) is 10.6. The summed E-state index contributed by atoms with van der Waals surface area (Å²) in [7, 11) is 0. The van der Waals surface area contributed by atoms with Gasteiger partial charge in [-0.2, -0.15) is 0 Å². The predicted molar refractivity (Wildman–Crippen MR) is 87.4 cm³/mol. The quantitative estimate of drug-likeness (QED) is 0.579. The fourth-order valence-electron chi connectivity index (χ4n) is 2.10. The number of ether oxygens (including phenoxy) is 1. The molecule has 20 heavy (non-hydrogen) atoms. The highest BCUT2D eigenvalue weighted by Crippen LogP contribution is 2.31. The number of halogens is 2. The molecule has 0 spiro atoms. The van der Waals surface area contributed by atoms with Crippen molar-refractivity contribution in [2.75, 3.05) is 0 Å². The van der Waals surface area contributed by atoms with Gasteiger partial charge in [-0.3, -0.25) is 0 Å². The van der Waals surface area contributed by atoms with Crippen molar-refractivity contribution < 1.29 is 4.74 Å². The van der Waals surface area contributed by atoms with Gasteiger partial charge in [-0.05, 0) is 29.8 Å². The van der Waals surface area contributed by atoms with Gasteiger partial charge in [0.15, 0.2) is 0 Å². The van der Waals surface area contributed by atoms with Crippen LogP contribution >= 0.6 is 27.5 Å². The lowest BCUT2D eigenvalue weighted by atomic mass is 10.1. The van der Waals surface area contributed by atoms with Crippen molar-refractivity contribution in [2.24, 2.45) is 0 Å². The average molecular weight is 348 g/mol. The van der Waals surface area contributed by atoms with Gasteiger partial charge >= 0.3 is 0 Å². The van der Waals surface area contributed by atoms with E-state index in [2.05, 4.69) is 15.9 Å². The number of rotatable bonds is 3. The molecule has 0 saturated heterocycles. The summed E-state index contributed by atoms with van der Waals surface area (Å²) in [6.45, 7) is 0.541. The second kappa shape index (κ2) is 5.86.